The molecule has 20 heavy (non-hydrogen) atoms. The highest BCUT2D eigenvalue weighted by Crippen LogP contribution is 2.31. The van der Waals surface area contributed by atoms with Crippen molar-refractivity contribution in [1.29, 1.82) is 0 Å². The summed E-state index contributed by atoms with van der Waals surface area (Å²) < 4.78 is 2.55. The van der Waals surface area contributed by atoms with Crippen LogP contribution in [0, 0.1) is 0 Å². The van der Waals surface area contributed by atoms with Crippen LogP contribution < -0.4 is 5.32 Å². The Kier molecular flexibility index (Phi) is 4.77. The van der Waals surface area contributed by atoms with Crippen LogP contribution in [0.2, 0.25) is 0 Å². The summed E-state index contributed by atoms with van der Waals surface area (Å²) >= 11 is 0. The topological polar surface area (TPSA) is 29.9 Å². The van der Waals surface area contributed by atoms with Gasteiger partial charge in [-0.15, -0.1) is 0 Å². The number of imidazole rings is 1. The fourth-order valence-corrected chi connectivity index (χ4v) is 4.08. The number of fused-ring (bicyclic) bond motifs is 1. The van der Waals surface area contributed by atoms with Gasteiger partial charge >= 0.3 is 0 Å². The number of nitrogens with zero attached hydrogens (tertiary/aromatic N) is 2. The van der Waals surface area contributed by atoms with Crippen molar-refractivity contribution < 1.29 is 0 Å². The third kappa shape index (κ3) is 2.93. The molecule has 1 N–H and O–H groups in total. The van der Waals surface area contributed by atoms with E-state index >= 15 is 0 Å². The lowest BCUT2D eigenvalue weighted by Gasteiger charge is -2.32. The minimum Gasteiger partial charge on any atom is -0.330 e. The van der Waals surface area contributed by atoms with Crippen LogP contribution in [0.4, 0.5) is 0 Å². The van der Waals surface area contributed by atoms with Gasteiger partial charge in [-0.25, -0.2) is 4.98 Å². The largest absolute Gasteiger partial charge is 0.330 e. The van der Waals surface area contributed by atoms with Crippen molar-refractivity contribution >= 4 is 0 Å². The van der Waals surface area contributed by atoms with Gasteiger partial charge in [0.25, 0.3) is 0 Å². The van der Waals surface area contributed by atoms with Crippen LogP contribution in [0.3, 0.4) is 0 Å². The summed E-state index contributed by atoms with van der Waals surface area (Å²) in [6.07, 6.45) is 15.5. The van der Waals surface area contributed by atoms with Crippen LogP contribution in [0.25, 0.3) is 0 Å². The Morgan fingerprint density at radius 1 is 1.10 bits per heavy atom. The third-order valence-corrected chi connectivity index (χ3v) is 5.11. The lowest BCUT2D eigenvalue weighted by atomic mass is 9.91. The number of aromatic nitrogens is 2. The van der Waals surface area contributed by atoms with Gasteiger partial charge in [0.1, 0.15) is 0 Å². The molecule has 1 saturated carbocycles. The van der Waals surface area contributed by atoms with Crippen LogP contribution in [-0.2, 0) is 12.8 Å². The summed E-state index contributed by atoms with van der Waals surface area (Å²) in [7, 11) is 0. The Bertz CT molecular complexity index is 424. The highest BCUT2D eigenvalue weighted by Gasteiger charge is 2.27. The van der Waals surface area contributed by atoms with E-state index < -0.39 is 0 Å². The summed E-state index contributed by atoms with van der Waals surface area (Å²) in [6, 6.07) is 1.27. The van der Waals surface area contributed by atoms with Crippen molar-refractivity contribution in [1.82, 2.24) is 14.9 Å². The maximum absolute atomic E-state index is 4.72. The quantitative estimate of drug-likeness (QED) is 0.913. The molecule has 0 saturated heterocycles. The zero-order chi connectivity index (χ0) is 13.8. The molecule has 0 aliphatic heterocycles. The molecule has 0 bridgehead atoms. The SMILES string of the molecule is CCNC1CCCCCCC1n1cnc2c1CCCC2. The molecule has 2 unspecified atom stereocenters. The average Bonchev–Trinajstić information content (AvgIpc) is 2.86. The summed E-state index contributed by atoms with van der Waals surface area (Å²) in [5.41, 5.74) is 2.93. The lowest BCUT2D eigenvalue weighted by Crippen LogP contribution is -2.38. The highest BCUT2D eigenvalue weighted by molar-refractivity contribution is 5.17. The molecule has 1 aromatic heterocycles. The van der Waals surface area contributed by atoms with Gasteiger partial charge in [-0.3, -0.25) is 0 Å². The van der Waals surface area contributed by atoms with Crippen LogP contribution in [0.15, 0.2) is 6.33 Å². The van der Waals surface area contributed by atoms with Gasteiger partial charge in [0.15, 0.2) is 0 Å². The normalized spacial score (nSPS) is 27.6. The summed E-state index contributed by atoms with van der Waals surface area (Å²) in [5.74, 6) is 0. The zero-order valence-corrected chi connectivity index (χ0v) is 12.9. The minimum absolute atomic E-state index is 0.629. The molecule has 3 rings (SSSR count). The van der Waals surface area contributed by atoms with Crippen LogP contribution in [0.5, 0.6) is 0 Å². The number of nitrogens with one attached hydrogen (secondary N) is 1. The maximum Gasteiger partial charge on any atom is 0.0954 e. The van der Waals surface area contributed by atoms with Crippen molar-refractivity contribution in [3.8, 4) is 0 Å². The molecular formula is C17H29N3. The Hall–Kier alpha value is -0.830. The van der Waals surface area contributed by atoms with Crippen LogP contribution in [0.1, 0.15) is 75.7 Å². The minimum atomic E-state index is 0.629. The van der Waals surface area contributed by atoms with E-state index in [0.717, 1.165) is 6.54 Å². The number of hydrogen-bond donors (Lipinski definition) is 1. The van der Waals surface area contributed by atoms with E-state index in [2.05, 4.69) is 23.1 Å². The number of aryl methyl sites for hydroxylation is 1. The molecule has 2 atom stereocenters. The molecular weight excluding hydrogens is 246 g/mol. The molecule has 3 heteroatoms. The van der Waals surface area contributed by atoms with Crippen molar-refractivity contribution in [2.24, 2.45) is 0 Å². The van der Waals surface area contributed by atoms with Crippen molar-refractivity contribution in [3.63, 3.8) is 0 Å². The first kappa shape index (κ1) is 14.1. The van der Waals surface area contributed by atoms with E-state index in [0.29, 0.717) is 12.1 Å². The number of likely N-dealkylation sites (N-methyl/N-ethyl adjacent to an activating group) is 1. The monoisotopic (exact) mass is 275 g/mol. The predicted octanol–water partition coefficient (Wildman–Crippen LogP) is 3.64. The number of hydrogen-bond acceptors (Lipinski definition) is 2. The van der Waals surface area contributed by atoms with Crippen molar-refractivity contribution in [2.45, 2.75) is 83.2 Å². The smallest absolute Gasteiger partial charge is 0.0954 e. The van der Waals surface area contributed by atoms with Gasteiger partial charge < -0.3 is 9.88 Å². The first-order valence-electron chi connectivity index (χ1n) is 8.68. The Labute approximate surface area is 123 Å². The predicted molar refractivity (Wildman–Crippen MR) is 83.1 cm³/mol. The lowest BCUT2D eigenvalue weighted by molar-refractivity contribution is 0.281. The van der Waals surface area contributed by atoms with E-state index in [1.807, 2.05) is 0 Å². The van der Waals surface area contributed by atoms with Crippen LogP contribution in [-0.4, -0.2) is 22.1 Å². The van der Waals surface area contributed by atoms with E-state index in [1.54, 1.807) is 5.69 Å². The average molecular weight is 275 g/mol. The third-order valence-electron chi connectivity index (χ3n) is 5.11. The first-order valence-corrected chi connectivity index (χ1v) is 8.68. The maximum atomic E-state index is 4.72. The zero-order valence-electron chi connectivity index (χ0n) is 12.9. The van der Waals surface area contributed by atoms with Crippen molar-refractivity contribution in [2.75, 3.05) is 6.54 Å². The van der Waals surface area contributed by atoms with Crippen molar-refractivity contribution in [3.05, 3.63) is 17.7 Å². The standard InChI is InChI=1S/C17H29N3/c1-2-18-14-9-5-3-4-6-11-16(14)20-13-19-15-10-7-8-12-17(15)20/h13-14,16,18H,2-12H2,1H3. The first-order chi connectivity index (χ1) is 9.90. The van der Waals surface area contributed by atoms with Gasteiger partial charge in [0.05, 0.1) is 18.1 Å². The molecule has 0 amide bonds. The van der Waals surface area contributed by atoms with Gasteiger partial charge in [-0.2, -0.15) is 0 Å². The summed E-state index contributed by atoms with van der Waals surface area (Å²) in [6.45, 7) is 3.32. The van der Waals surface area contributed by atoms with E-state index in [9.17, 15) is 0 Å². The van der Waals surface area contributed by atoms with Gasteiger partial charge in [0.2, 0.25) is 0 Å². The highest BCUT2D eigenvalue weighted by atomic mass is 15.1. The molecule has 0 radical (unpaired) electrons. The molecule has 2 aliphatic rings. The van der Waals surface area contributed by atoms with Gasteiger partial charge in [-0.1, -0.05) is 32.6 Å². The molecule has 2 aliphatic carbocycles. The molecule has 112 valence electrons. The molecule has 1 fully saturated rings. The Morgan fingerprint density at radius 2 is 1.90 bits per heavy atom. The van der Waals surface area contributed by atoms with E-state index in [4.69, 9.17) is 4.98 Å². The Balaban J connectivity index is 1.85. The second-order valence-corrected chi connectivity index (χ2v) is 6.48. The molecule has 0 spiro atoms. The Morgan fingerprint density at radius 3 is 2.75 bits per heavy atom. The van der Waals surface area contributed by atoms with Gasteiger partial charge in [-0.05, 0) is 45.1 Å². The molecule has 1 aromatic rings. The van der Waals surface area contributed by atoms with E-state index in [-0.39, 0.29) is 0 Å². The second-order valence-electron chi connectivity index (χ2n) is 6.48. The second kappa shape index (κ2) is 6.75. The summed E-state index contributed by atoms with van der Waals surface area (Å²) in [4.78, 5) is 4.72. The fourth-order valence-electron chi connectivity index (χ4n) is 4.08. The molecule has 3 nitrogen and oxygen atoms in total. The van der Waals surface area contributed by atoms with Gasteiger partial charge in [0, 0.05) is 11.7 Å². The fraction of sp³-hybridized carbons (Fsp3) is 0.824. The summed E-state index contributed by atoms with van der Waals surface area (Å²) in [5, 5.41) is 3.75. The molecule has 1 heterocycles. The van der Waals surface area contributed by atoms with E-state index in [1.165, 1.54) is 69.9 Å². The van der Waals surface area contributed by atoms with Crippen LogP contribution >= 0.6 is 0 Å². The number of rotatable bonds is 3. The molecule has 0 aromatic carbocycles.